The zero-order valence-corrected chi connectivity index (χ0v) is 12.0. The van der Waals surface area contributed by atoms with E-state index in [1.54, 1.807) is 0 Å². The minimum Gasteiger partial charge on any atom is -0.381 e. The molecule has 0 aromatic heterocycles. The Bertz CT molecular complexity index is 360. The number of hydrogen-bond donors (Lipinski definition) is 2. The van der Waals surface area contributed by atoms with Gasteiger partial charge in [0.15, 0.2) is 0 Å². The number of alkyl halides is 3. The SMILES string of the molecule is NCC1(C(=O)NC2CCC(C(F)(F)F)CC2)CCOCC1. The molecular formula is C14H23F3N2O2. The highest BCUT2D eigenvalue weighted by molar-refractivity contribution is 5.83. The van der Waals surface area contributed by atoms with E-state index < -0.39 is 17.5 Å². The summed E-state index contributed by atoms with van der Waals surface area (Å²) in [5, 5.41) is 2.91. The summed E-state index contributed by atoms with van der Waals surface area (Å²) >= 11 is 0. The molecule has 2 aliphatic rings. The van der Waals surface area contributed by atoms with E-state index in [-0.39, 0.29) is 31.3 Å². The first-order chi connectivity index (χ1) is 9.87. The zero-order chi connectivity index (χ0) is 15.5. The summed E-state index contributed by atoms with van der Waals surface area (Å²) in [7, 11) is 0. The molecule has 1 heterocycles. The second kappa shape index (κ2) is 6.52. The van der Waals surface area contributed by atoms with Crippen LogP contribution >= 0.6 is 0 Å². The van der Waals surface area contributed by atoms with Crippen molar-refractivity contribution in [3.63, 3.8) is 0 Å². The van der Waals surface area contributed by atoms with E-state index >= 15 is 0 Å². The van der Waals surface area contributed by atoms with Gasteiger partial charge in [0.1, 0.15) is 0 Å². The summed E-state index contributed by atoms with van der Waals surface area (Å²) in [6, 6.07) is -0.164. The second-order valence-electron chi connectivity index (χ2n) is 6.16. The number of nitrogens with one attached hydrogen (secondary N) is 1. The Kier molecular flexibility index (Phi) is 5.14. The highest BCUT2D eigenvalue weighted by atomic mass is 19.4. The van der Waals surface area contributed by atoms with Crippen molar-refractivity contribution < 1.29 is 22.7 Å². The fraction of sp³-hybridized carbons (Fsp3) is 0.929. The Labute approximate surface area is 122 Å². The maximum atomic E-state index is 12.6. The van der Waals surface area contributed by atoms with Crippen LogP contribution in [0.15, 0.2) is 0 Å². The molecule has 0 aromatic carbocycles. The Morgan fingerprint density at radius 3 is 2.24 bits per heavy atom. The molecule has 0 spiro atoms. The molecule has 2 rings (SSSR count). The van der Waals surface area contributed by atoms with Gasteiger partial charge >= 0.3 is 6.18 Å². The van der Waals surface area contributed by atoms with E-state index in [0.717, 1.165) is 0 Å². The lowest BCUT2D eigenvalue weighted by atomic mass is 9.78. The van der Waals surface area contributed by atoms with Crippen molar-refractivity contribution in [1.29, 1.82) is 0 Å². The number of nitrogens with two attached hydrogens (primary N) is 1. The molecule has 122 valence electrons. The Hall–Kier alpha value is -0.820. The first kappa shape index (κ1) is 16.5. The predicted octanol–water partition coefficient (Wildman–Crippen LogP) is 1.98. The van der Waals surface area contributed by atoms with Crippen LogP contribution in [-0.4, -0.2) is 37.9 Å². The third kappa shape index (κ3) is 3.88. The van der Waals surface area contributed by atoms with Crippen LogP contribution in [0.5, 0.6) is 0 Å². The van der Waals surface area contributed by atoms with Gasteiger partial charge in [-0.05, 0) is 38.5 Å². The molecular weight excluding hydrogens is 285 g/mol. The molecule has 2 fully saturated rings. The third-order valence-corrected chi connectivity index (χ3v) is 4.85. The summed E-state index contributed by atoms with van der Waals surface area (Å²) in [5.41, 5.74) is 5.15. The van der Waals surface area contributed by atoms with Gasteiger partial charge in [-0.25, -0.2) is 0 Å². The van der Waals surface area contributed by atoms with Crippen LogP contribution in [0.1, 0.15) is 38.5 Å². The normalized spacial score (nSPS) is 29.9. The summed E-state index contributed by atoms with van der Waals surface area (Å²) in [4.78, 5) is 12.4. The molecule has 0 radical (unpaired) electrons. The average Bonchev–Trinajstić information content (AvgIpc) is 2.47. The Morgan fingerprint density at radius 1 is 1.19 bits per heavy atom. The van der Waals surface area contributed by atoms with Gasteiger partial charge in [-0.15, -0.1) is 0 Å². The number of carbonyl (C=O) groups excluding carboxylic acids is 1. The molecule has 4 nitrogen and oxygen atoms in total. The molecule has 7 heteroatoms. The van der Waals surface area contributed by atoms with Crippen molar-refractivity contribution in [1.82, 2.24) is 5.32 Å². The molecule has 0 aromatic rings. The van der Waals surface area contributed by atoms with Gasteiger partial charge < -0.3 is 15.8 Å². The smallest absolute Gasteiger partial charge is 0.381 e. The van der Waals surface area contributed by atoms with Crippen molar-refractivity contribution in [3.05, 3.63) is 0 Å². The number of amides is 1. The minimum atomic E-state index is -4.12. The standard InChI is InChI=1S/C14H23F3N2O2/c15-14(16,17)10-1-3-11(4-2-10)19-12(20)13(9-18)5-7-21-8-6-13/h10-11H,1-9,18H2,(H,19,20). The lowest BCUT2D eigenvalue weighted by Crippen LogP contribution is -2.52. The first-order valence-electron chi connectivity index (χ1n) is 7.53. The monoisotopic (exact) mass is 308 g/mol. The maximum Gasteiger partial charge on any atom is 0.391 e. The molecule has 1 aliphatic carbocycles. The van der Waals surface area contributed by atoms with Gasteiger partial charge in [0.05, 0.1) is 11.3 Å². The lowest BCUT2D eigenvalue weighted by molar-refractivity contribution is -0.182. The Morgan fingerprint density at radius 2 is 1.76 bits per heavy atom. The zero-order valence-electron chi connectivity index (χ0n) is 12.0. The van der Waals surface area contributed by atoms with Gasteiger partial charge in [0.25, 0.3) is 0 Å². The van der Waals surface area contributed by atoms with Crippen LogP contribution in [0.25, 0.3) is 0 Å². The summed E-state index contributed by atoms with van der Waals surface area (Å²) in [6.45, 7) is 1.26. The molecule has 1 saturated carbocycles. The van der Waals surface area contributed by atoms with Gasteiger partial charge in [-0.3, -0.25) is 4.79 Å². The van der Waals surface area contributed by atoms with Crippen LogP contribution < -0.4 is 11.1 Å². The van der Waals surface area contributed by atoms with Crippen molar-refractivity contribution in [2.75, 3.05) is 19.8 Å². The van der Waals surface area contributed by atoms with Gasteiger partial charge in [0.2, 0.25) is 5.91 Å². The number of ether oxygens (including phenoxy) is 1. The van der Waals surface area contributed by atoms with Crippen molar-refractivity contribution in [2.24, 2.45) is 17.1 Å². The quantitative estimate of drug-likeness (QED) is 0.838. The predicted molar refractivity (Wildman–Crippen MR) is 71.5 cm³/mol. The van der Waals surface area contributed by atoms with Crippen molar-refractivity contribution >= 4 is 5.91 Å². The molecule has 1 aliphatic heterocycles. The summed E-state index contributed by atoms with van der Waals surface area (Å²) in [5.74, 6) is -1.35. The van der Waals surface area contributed by atoms with E-state index in [4.69, 9.17) is 10.5 Å². The number of hydrogen-bond acceptors (Lipinski definition) is 3. The van der Waals surface area contributed by atoms with Crippen molar-refractivity contribution in [2.45, 2.75) is 50.7 Å². The molecule has 1 saturated heterocycles. The molecule has 0 bridgehead atoms. The fourth-order valence-corrected chi connectivity index (χ4v) is 3.19. The molecule has 1 amide bonds. The fourth-order valence-electron chi connectivity index (χ4n) is 3.19. The first-order valence-corrected chi connectivity index (χ1v) is 7.53. The number of carbonyl (C=O) groups is 1. The van der Waals surface area contributed by atoms with Gasteiger partial charge in [-0.1, -0.05) is 0 Å². The highest BCUT2D eigenvalue weighted by Gasteiger charge is 2.43. The van der Waals surface area contributed by atoms with E-state index in [0.29, 0.717) is 38.9 Å². The van der Waals surface area contributed by atoms with Crippen LogP contribution in [-0.2, 0) is 9.53 Å². The molecule has 21 heavy (non-hydrogen) atoms. The van der Waals surface area contributed by atoms with Crippen LogP contribution in [0, 0.1) is 11.3 Å². The minimum absolute atomic E-state index is 0.0905. The van der Waals surface area contributed by atoms with E-state index in [1.165, 1.54) is 0 Å². The van der Waals surface area contributed by atoms with E-state index in [9.17, 15) is 18.0 Å². The summed E-state index contributed by atoms with van der Waals surface area (Å²) < 4.78 is 43.1. The lowest BCUT2D eigenvalue weighted by Gasteiger charge is -2.37. The molecule has 0 unspecified atom stereocenters. The molecule has 0 atom stereocenters. The van der Waals surface area contributed by atoms with Crippen LogP contribution in [0.2, 0.25) is 0 Å². The maximum absolute atomic E-state index is 12.6. The largest absolute Gasteiger partial charge is 0.391 e. The van der Waals surface area contributed by atoms with Crippen molar-refractivity contribution in [3.8, 4) is 0 Å². The highest BCUT2D eigenvalue weighted by Crippen LogP contribution is 2.38. The number of halogens is 3. The van der Waals surface area contributed by atoms with Gasteiger partial charge in [-0.2, -0.15) is 13.2 Å². The topological polar surface area (TPSA) is 64.4 Å². The van der Waals surface area contributed by atoms with E-state index in [1.807, 2.05) is 0 Å². The van der Waals surface area contributed by atoms with Crippen LogP contribution in [0.3, 0.4) is 0 Å². The number of rotatable bonds is 3. The third-order valence-electron chi connectivity index (χ3n) is 4.85. The summed E-state index contributed by atoms with van der Waals surface area (Å²) in [6.07, 6.45) is -2.02. The molecule has 3 N–H and O–H groups in total. The van der Waals surface area contributed by atoms with Crippen LogP contribution in [0.4, 0.5) is 13.2 Å². The average molecular weight is 308 g/mol. The van der Waals surface area contributed by atoms with E-state index in [2.05, 4.69) is 5.32 Å². The van der Waals surface area contributed by atoms with Gasteiger partial charge in [0, 0.05) is 25.8 Å². The second-order valence-corrected chi connectivity index (χ2v) is 6.16. The Balaban J connectivity index is 1.86.